The fraction of sp³-hybridized carbons (Fsp3) is 0.0541. The summed E-state index contributed by atoms with van der Waals surface area (Å²) in [4.78, 5) is 2.43. The van der Waals surface area contributed by atoms with E-state index < -0.39 is 0 Å². The molecule has 0 heterocycles. The van der Waals surface area contributed by atoms with Crippen molar-refractivity contribution in [1.29, 1.82) is 0 Å². The van der Waals surface area contributed by atoms with Crippen LogP contribution in [0.4, 0.5) is 17.1 Å². The molecule has 0 amide bonds. The van der Waals surface area contributed by atoms with Crippen molar-refractivity contribution in [2.24, 2.45) is 0 Å². The smallest absolute Gasteiger partial charge is 0.0468 e. The Morgan fingerprint density at radius 2 is 0.920 bits per heavy atom. The highest BCUT2D eigenvalue weighted by atomic mass is 15.1. The van der Waals surface area contributed by atoms with Gasteiger partial charge in [-0.2, -0.15) is 0 Å². The lowest BCUT2D eigenvalue weighted by atomic mass is 9.77. The number of allylic oxidation sites excluding steroid dienone is 6. The zero-order chi connectivity index (χ0) is 49.7. The maximum absolute atomic E-state index is 2.45. The van der Waals surface area contributed by atoms with Gasteiger partial charge in [-0.3, -0.25) is 0 Å². The lowest BCUT2D eigenvalue weighted by Crippen LogP contribution is -2.10. The maximum Gasteiger partial charge on any atom is 0.0468 e. The van der Waals surface area contributed by atoms with Gasteiger partial charge in [0.1, 0.15) is 0 Å². The minimum Gasteiger partial charge on any atom is -0.310 e. The Balaban J connectivity index is 0.910. The Bertz CT molecular complexity index is 4310. The van der Waals surface area contributed by atoms with E-state index in [0.717, 1.165) is 36.3 Å². The molecule has 12 aromatic carbocycles. The number of hydrogen-bond acceptors (Lipinski definition) is 1. The molecule has 0 aromatic heterocycles. The highest BCUT2D eigenvalue weighted by Gasteiger charge is 2.26. The van der Waals surface area contributed by atoms with E-state index in [1.807, 2.05) is 0 Å². The van der Waals surface area contributed by atoms with Crippen LogP contribution in [0.3, 0.4) is 0 Å². The third-order valence-electron chi connectivity index (χ3n) is 15.8. The van der Waals surface area contributed by atoms with Crippen LogP contribution in [-0.4, -0.2) is 0 Å². The first-order valence-corrected chi connectivity index (χ1v) is 26.5. The predicted molar refractivity (Wildman–Crippen MR) is 322 cm³/mol. The number of fused-ring (bicyclic) bond motifs is 6. The maximum atomic E-state index is 2.45. The number of rotatable bonds is 9. The molecule has 354 valence electrons. The third-order valence-corrected chi connectivity index (χ3v) is 15.8. The second kappa shape index (κ2) is 19.0. The van der Waals surface area contributed by atoms with Gasteiger partial charge in [-0.05, 0) is 183 Å². The second-order valence-electron chi connectivity index (χ2n) is 20.2. The molecule has 0 saturated carbocycles. The number of anilines is 3. The largest absolute Gasteiger partial charge is 0.310 e. The first-order chi connectivity index (χ1) is 37.2. The Hall–Kier alpha value is -9.30. The van der Waals surface area contributed by atoms with Gasteiger partial charge < -0.3 is 4.90 Å². The van der Waals surface area contributed by atoms with Crippen LogP contribution in [0.2, 0.25) is 0 Å². The molecule has 14 rings (SSSR count). The van der Waals surface area contributed by atoms with Gasteiger partial charge in [0.05, 0.1) is 0 Å². The van der Waals surface area contributed by atoms with Crippen molar-refractivity contribution in [3.8, 4) is 33.4 Å². The predicted octanol–water partition coefficient (Wildman–Crippen LogP) is 20.6. The summed E-state index contributed by atoms with van der Waals surface area (Å²) >= 11 is 0. The quantitative estimate of drug-likeness (QED) is 0.130. The van der Waals surface area contributed by atoms with E-state index >= 15 is 0 Å². The molecular formula is C74H53N. The van der Waals surface area contributed by atoms with Gasteiger partial charge in [0.2, 0.25) is 0 Å². The summed E-state index contributed by atoms with van der Waals surface area (Å²) in [6.07, 6.45) is 19.4. The summed E-state index contributed by atoms with van der Waals surface area (Å²) in [7, 11) is 0. The molecule has 0 aliphatic heterocycles. The molecule has 1 unspecified atom stereocenters. The van der Waals surface area contributed by atoms with Crippen LogP contribution in [0, 0.1) is 0 Å². The van der Waals surface area contributed by atoms with Crippen LogP contribution in [0.5, 0.6) is 0 Å². The van der Waals surface area contributed by atoms with E-state index in [0.29, 0.717) is 5.92 Å². The lowest BCUT2D eigenvalue weighted by molar-refractivity contribution is 0.847. The van der Waals surface area contributed by atoms with Crippen LogP contribution in [-0.2, 0) is 6.42 Å². The zero-order valence-electron chi connectivity index (χ0n) is 41.7. The number of para-hydroxylation sites is 1. The Morgan fingerprint density at radius 3 is 1.57 bits per heavy atom. The standard InChI is InChI=1S/C74H53N/c1-3-17-50(18-4-1)31-32-51-33-35-54(36-34-51)71-63-25-11-13-27-65(63)72(66-28-14-12-26-64(66)71)55-41-43-61(44-42-55)75(60-23-5-2-6-24-60)62-45-46-69-70(49-62)74(59-40-38-53-20-8-10-22-57(53)48-59)68-30-16-15-29-67(68)73(69)58-39-37-52-19-7-9-21-56(52)47-58/h1-13,15-27,29-35,37-49,54H,14,28,36H2/b32-31+. The van der Waals surface area contributed by atoms with E-state index in [1.165, 1.54) is 115 Å². The van der Waals surface area contributed by atoms with E-state index in [2.05, 4.69) is 284 Å². The van der Waals surface area contributed by atoms with Gasteiger partial charge in [-0.1, -0.05) is 231 Å². The number of nitrogens with zero attached hydrogens (tertiary/aromatic N) is 1. The topological polar surface area (TPSA) is 3.24 Å². The molecule has 2 aliphatic rings. The van der Waals surface area contributed by atoms with Crippen molar-refractivity contribution in [3.63, 3.8) is 0 Å². The molecule has 0 radical (unpaired) electrons. The van der Waals surface area contributed by atoms with Crippen molar-refractivity contribution in [2.75, 3.05) is 4.90 Å². The molecule has 2 aliphatic carbocycles. The lowest BCUT2D eigenvalue weighted by Gasteiger charge is -2.28. The summed E-state index contributed by atoms with van der Waals surface area (Å²) < 4.78 is 0. The summed E-state index contributed by atoms with van der Waals surface area (Å²) in [6, 6.07) is 87.5. The number of benzene rings is 12. The molecular weight excluding hydrogens is 903 g/mol. The van der Waals surface area contributed by atoms with E-state index in [1.54, 1.807) is 0 Å². The van der Waals surface area contributed by atoms with Crippen LogP contribution >= 0.6 is 0 Å². The van der Waals surface area contributed by atoms with E-state index in [9.17, 15) is 0 Å². The summed E-state index contributed by atoms with van der Waals surface area (Å²) in [5.41, 5.74) is 17.6. The van der Waals surface area contributed by atoms with E-state index in [-0.39, 0.29) is 0 Å². The molecule has 1 atom stereocenters. The van der Waals surface area contributed by atoms with Crippen molar-refractivity contribution in [3.05, 3.63) is 295 Å². The van der Waals surface area contributed by atoms with Crippen LogP contribution in [0.15, 0.2) is 273 Å². The van der Waals surface area contributed by atoms with Crippen molar-refractivity contribution >= 4 is 83.1 Å². The minimum absolute atomic E-state index is 0.293. The van der Waals surface area contributed by atoms with Gasteiger partial charge in [0, 0.05) is 23.0 Å². The molecule has 0 N–H and O–H groups in total. The Morgan fingerprint density at radius 1 is 0.387 bits per heavy atom. The van der Waals surface area contributed by atoms with Gasteiger partial charge in [-0.25, -0.2) is 0 Å². The number of hydrogen-bond donors (Lipinski definition) is 0. The molecule has 75 heavy (non-hydrogen) atoms. The third kappa shape index (κ3) is 8.05. The summed E-state index contributed by atoms with van der Waals surface area (Å²) in [6.45, 7) is 0. The fourth-order valence-corrected chi connectivity index (χ4v) is 12.3. The van der Waals surface area contributed by atoms with Crippen LogP contribution < -0.4 is 4.90 Å². The average Bonchev–Trinajstić information content (AvgIpc) is 3.48. The Labute approximate surface area is 439 Å². The average molecular weight is 956 g/mol. The normalized spacial score (nSPS) is 14.3. The highest BCUT2D eigenvalue weighted by Crippen LogP contribution is 2.49. The van der Waals surface area contributed by atoms with Crippen molar-refractivity contribution < 1.29 is 0 Å². The zero-order valence-corrected chi connectivity index (χ0v) is 41.7. The van der Waals surface area contributed by atoms with Crippen molar-refractivity contribution in [1.82, 2.24) is 0 Å². The first-order valence-electron chi connectivity index (χ1n) is 26.5. The molecule has 0 fully saturated rings. The monoisotopic (exact) mass is 955 g/mol. The molecule has 0 saturated heterocycles. The molecule has 1 heteroatoms. The molecule has 1 nitrogen and oxygen atoms in total. The van der Waals surface area contributed by atoms with Gasteiger partial charge in [0.25, 0.3) is 0 Å². The minimum atomic E-state index is 0.293. The van der Waals surface area contributed by atoms with Crippen LogP contribution in [0.1, 0.15) is 41.0 Å². The van der Waals surface area contributed by atoms with Crippen LogP contribution in [0.25, 0.3) is 99.4 Å². The van der Waals surface area contributed by atoms with E-state index in [4.69, 9.17) is 0 Å². The van der Waals surface area contributed by atoms with Crippen molar-refractivity contribution in [2.45, 2.75) is 25.2 Å². The fourth-order valence-electron chi connectivity index (χ4n) is 12.3. The van der Waals surface area contributed by atoms with Gasteiger partial charge in [0.15, 0.2) is 0 Å². The SMILES string of the molecule is C1=Cc2c(c(-c3ccc(N(c4ccccc4)c4ccc5c(-c6ccc7ccccc7c6)c6ccccc6c(-c6ccc7ccccc7c6)c5c4)cc3)c3ccccc3c2C2C=CC(/C=C/c3ccccc3)=CC2)CC1. The van der Waals surface area contributed by atoms with Gasteiger partial charge >= 0.3 is 0 Å². The summed E-state index contributed by atoms with van der Waals surface area (Å²) in [5, 5.41) is 12.6. The summed E-state index contributed by atoms with van der Waals surface area (Å²) in [5.74, 6) is 0.293. The first kappa shape index (κ1) is 44.4. The molecule has 12 aromatic rings. The highest BCUT2D eigenvalue weighted by molar-refractivity contribution is 6.23. The Kier molecular flexibility index (Phi) is 11.2. The second-order valence-corrected chi connectivity index (χ2v) is 20.2. The molecule has 0 spiro atoms. The van der Waals surface area contributed by atoms with Gasteiger partial charge in [-0.15, -0.1) is 0 Å². The molecule has 0 bridgehead atoms.